The third-order valence-corrected chi connectivity index (χ3v) is 11.8. The van der Waals surface area contributed by atoms with Crippen molar-refractivity contribution in [1.29, 1.82) is 0 Å². The third-order valence-electron chi connectivity index (χ3n) is 11.8. The molecule has 1 aromatic carbocycles. The molecule has 3 amide bonds. The number of benzene rings is 1. The van der Waals surface area contributed by atoms with Gasteiger partial charge in [0.2, 0.25) is 11.8 Å². The van der Waals surface area contributed by atoms with Crippen molar-refractivity contribution in [2.24, 2.45) is 18.9 Å². The van der Waals surface area contributed by atoms with Crippen molar-refractivity contribution in [3.63, 3.8) is 0 Å². The molecule has 11 heteroatoms. The lowest BCUT2D eigenvalue weighted by Crippen LogP contribution is -2.44. The molecule has 6 heterocycles. The van der Waals surface area contributed by atoms with E-state index in [0.717, 1.165) is 80.5 Å². The highest BCUT2D eigenvalue weighted by Crippen LogP contribution is 2.33. The fourth-order valence-electron chi connectivity index (χ4n) is 9.06. The summed E-state index contributed by atoms with van der Waals surface area (Å²) < 4.78 is 9.01. The number of carbonyl (C=O) groups is 3. The number of aryl methyl sites for hydroxylation is 1. The Morgan fingerprint density at radius 3 is 2.37 bits per heavy atom. The van der Waals surface area contributed by atoms with Crippen LogP contribution in [-0.2, 0) is 27.9 Å². The van der Waals surface area contributed by atoms with Gasteiger partial charge in [0.1, 0.15) is 12.6 Å². The molecule has 0 spiro atoms. The number of ether oxygens (including phenoxy) is 1. The normalized spacial score (nSPS) is 27.0. The first-order chi connectivity index (χ1) is 22.4. The summed E-state index contributed by atoms with van der Waals surface area (Å²) in [7, 11) is 1.77. The van der Waals surface area contributed by atoms with E-state index < -0.39 is 11.9 Å². The van der Waals surface area contributed by atoms with Gasteiger partial charge >= 0.3 is 11.8 Å². The predicted octanol–water partition coefficient (Wildman–Crippen LogP) is 3.79. The standard InChI is InChI=1S/C35H50N6O5/c1-37-32-26(4-2-6-29(32)41(34(37)44)30-11-12-31(42)36-33(30)43)22-38-18-13-24(14-19-38)7-8-25-15-20-39(21-16-25)35(45)46-23-28-10-9-27-5-3-17-40(27)28/h2,4,6,24-25,27-28,30H,3,5,7-23H2,1H3,(H,36,42,43). The van der Waals surface area contributed by atoms with E-state index in [0.29, 0.717) is 25.0 Å². The second-order valence-electron chi connectivity index (χ2n) is 14.5. The van der Waals surface area contributed by atoms with E-state index >= 15 is 0 Å². The molecule has 250 valence electrons. The maximum Gasteiger partial charge on any atom is 0.409 e. The molecule has 0 saturated carbocycles. The van der Waals surface area contributed by atoms with Crippen molar-refractivity contribution >= 4 is 28.9 Å². The van der Waals surface area contributed by atoms with Crippen LogP contribution in [-0.4, -0.2) is 93.2 Å². The van der Waals surface area contributed by atoms with Gasteiger partial charge in [0.05, 0.1) is 11.0 Å². The number of fused-ring (bicyclic) bond motifs is 2. The van der Waals surface area contributed by atoms with E-state index in [1.165, 1.54) is 51.5 Å². The summed E-state index contributed by atoms with van der Waals surface area (Å²) in [6.07, 6.45) is 12.5. The lowest BCUT2D eigenvalue weighted by atomic mass is 9.85. The molecule has 1 N–H and O–H groups in total. The Morgan fingerprint density at radius 2 is 1.63 bits per heavy atom. The number of piperidine rings is 3. The van der Waals surface area contributed by atoms with Gasteiger partial charge < -0.3 is 9.64 Å². The van der Waals surface area contributed by atoms with E-state index in [1.54, 1.807) is 16.2 Å². The number of aromatic nitrogens is 2. The van der Waals surface area contributed by atoms with Gasteiger partial charge in [-0.2, -0.15) is 0 Å². The molecular weight excluding hydrogens is 584 g/mol. The van der Waals surface area contributed by atoms with Crippen LogP contribution in [0.1, 0.15) is 88.7 Å². The summed E-state index contributed by atoms with van der Waals surface area (Å²) in [6, 6.07) is 6.45. The highest BCUT2D eigenvalue weighted by atomic mass is 16.6. The van der Waals surface area contributed by atoms with Crippen molar-refractivity contribution in [3.8, 4) is 0 Å². The number of imide groups is 1. The quantitative estimate of drug-likeness (QED) is 0.441. The Hall–Kier alpha value is -3.18. The predicted molar refractivity (Wildman–Crippen MR) is 174 cm³/mol. The minimum Gasteiger partial charge on any atom is -0.448 e. The van der Waals surface area contributed by atoms with Crippen molar-refractivity contribution in [3.05, 3.63) is 34.2 Å². The zero-order valence-corrected chi connectivity index (χ0v) is 27.3. The zero-order valence-electron chi connectivity index (χ0n) is 27.3. The second-order valence-corrected chi connectivity index (χ2v) is 14.5. The Kier molecular flexibility index (Phi) is 9.23. The molecule has 5 fully saturated rings. The minimum atomic E-state index is -0.666. The highest BCUT2D eigenvalue weighted by molar-refractivity contribution is 6.00. The van der Waals surface area contributed by atoms with Gasteiger partial charge in [-0.1, -0.05) is 25.0 Å². The number of hydrogen-bond donors (Lipinski definition) is 1. The van der Waals surface area contributed by atoms with Crippen LogP contribution in [0.4, 0.5) is 4.79 Å². The number of para-hydroxylation sites is 1. The maximum absolute atomic E-state index is 13.3. The van der Waals surface area contributed by atoms with E-state index in [9.17, 15) is 19.2 Å². The van der Waals surface area contributed by atoms with Crippen LogP contribution in [0.5, 0.6) is 0 Å². The van der Waals surface area contributed by atoms with Crippen LogP contribution >= 0.6 is 0 Å². The smallest absolute Gasteiger partial charge is 0.409 e. The summed E-state index contributed by atoms with van der Waals surface area (Å²) in [4.78, 5) is 57.3. The Bertz CT molecular complexity index is 1500. The molecule has 46 heavy (non-hydrogen) atoms. The second kappa shape index (κ2) is 13.5. The first-order valence-corrected chi connectivity index (χ1v) is 17.8. The molecule has 3 unspecified atom stereocenters. The molecule has 3 atom stereocenters. The van der Waals surface area contributed by atoms with E-state index in [4.69, 9.17) is 4.74 Å². The van der Waals surface area contributed by atoms with Crippen molar-refractivity contribution in [2.75, 3.05) is 39.3 Å². The summed E-state index contributed by atoms with van der Waals surface area (Å²) in [5.41, 5.74) is 2.49. The van der Waals surface area contributed by atoms with Gasteiger partial charge in [-0.05, 0) is 101 Å². The fourth-order valence-corrected chi connectivity index (χ4v) is 9.06. The monoisotopic (exact) mass is 634 g/mol. The van der Waals surface area contributed by atoms with Gasteiger partial charge in [-0.25, -0.2) is 9.59 Å². The molecular formula is C35H50N6O5. The number of likely N-dealkylation sites (tertiary alicyclic amines) is 2. The summed E-state index contributed by atoms with van der Waals surface area (Å²) in [6.45, 7) is 6.19. The molecule has 2 aromatic rings. The third kappa shape index (κ3) is 6.37. The first kappa shape index (κ1) is 31.4. The number of hydrogen-bond acceptors (Lipinski definition) is 7. The van der Waals surface area contributed by atoms with Crippen molar-refractivity contribution in [1.82, 2.24) is 29.2 Å². The maximum atomic E-state index is 13.3. The SMILES string of the molecule is Cn1c(=O)n(C2CCC(=O)NC2=O)c2cccc(CN3CCC(CCC4CCN(C(=O)OCC5CCC6CCCN65)CC4)CC3)c21. The summed E-state index contributed by atoms with van der Waals surface area (Å²) in [5, 5.41) is 2.39. The van der Waals surface area contributed by atoms with Gasteiger partial charge in [-0.3, -0.25) is 33.8 Å². The van der Waals surface area contributed by atoms with Gasteiger partial charge in [-0.15, -0.1) is 0 Å². The molecule has 7 rings (SSSR count). The number of amides is 3. The molecule has 5 aliphatic heterocycles. The molecule has 0 bridgehead atoms. The lowest BCUT2D eigenvalue weighted by molar-refractivity contribution is -0.135. The largest absolute Gasteiger partial charge is 0.448 e. The molecule has 5 saturated heterocycles. The van der Waals surface area contributed by atoms with Gasteiger partial charge in [0.25, 0.3) is 0 Å². The molecule has 1 aromatic heterocycles. The van der Waals surface area contributed by atoms with Crippen LogP contribution in [0.15, 0.2) is 23.0 Å². The van der Waals surface area contributed by atoms with Crippen LogP contribution in [0.3, 0.4) is 0 Å². The molecule has 0 radical (unpaired) electrons. The Labute approximate surface area is 271 Å². The van der Waals surface area contributed by atoms with Crippen LogP contribution in [0, 0.1) is 11.8 Å². The first-order valence-electron chi connectivity index (χ1n) is 17.8. The molecule has 0 aliphatic carbocycles. The minimum absolute atomic E-state index is 0.114. The van der Waals surface area contributed by atoms with E-state index in [-0.39, 0.29) is 24.1 Å². The van der Waals surface area contributed by atoms with Gasteiger partial charge in [0, 0.05) is 45.2 Å². The number of nitrogens with one attached hydrogen (secondary N) is 1. The number of imidazole rings is 1. The molecule has 5 aliphatic rings. The Morgan fingerprint density at radius 1 is 0.891 bits per heavy atom. The number of rotatable bonds is 8. The van der Waals surface area contributed by atoms with Crippen LogP contribution in [0.25, 0.3) is 11.0 Å². The van der Waals surface area contributed by atoms with Crippen molar-refractivity contribution in [2.45, 2.75) is 102 Å². The number of nitrogens with zero attached hydrogens (tertiary/aromatic N) is 5. The highest BCUT2D eigenvalue weighted by Gasteiger charge is 2.37. The topological polar surface area (TPSA) is 109 Å². The van der Waals surface area contributed by atoms with Gasteiger partial charge in [0.15, 0.2) is 0 Å². The average molecular weight is 635 g/mol. The summed E-state index contributed by atoms with van der Waals surface area (Å²) >= 11 is 0. The van der Waals surface area contributed by atoms with E-state index in [1.807, 2.05) is 17.0 Å². The Balaban J connectivity index is 0.854. The number of carbonyl (C=O) groups excluding carboxylic acids is 3. The average Bonchev–Trinajstić information content (AvgIpc) is 3.75. The van der Waals surface area contributed by atoms with Crippen LogP contribution < -0.4 is 11.0 Å². The molecule has 11 nitrogen and oxygen atoms in total. The zero-order chi connectivity index (χ0) is 31.8. The lowest BCUT2D eigenvalue weighted by Gasteiger charge is -2.35. The van der Waals surface area contributed by atoms with Crippen LogP contribution in [0.2, 0.25) is 0 Å². The fraction of sp³-hybridized carbons (Fsp3) is 0.714. The summed E-state index contributed by atoms with van der Waals surface area (Å²) in [5.74, 6) is 0.736. The van der Waals surface area contributed by atoms with E-state index in [2.05, 4.69) is 21.2 Å². The van der Waals surface area contributed by atoms with Crippen molar-refractivity contribution < 1.29 is 19.1 Å².